The summed E-state index contributed by atoms with van der Waals surface area (Å²) in [5.74, 6) is 0.402. The van der Waals surface area contributed by atoms with E-state index in [4.69, 9.17) is 4.74 Å². The van der Waals surface area contributed by atoms with Gasteiger partial charge in [-0.2, -0.15) is 0 Å². The Morgan fingerprint density at radius 1 is 1.39 bits per heavy atom. The molecule has 7 nitrogen and oxygen atoms in total. The van der Waals surface area contributed by atoms with Crippen molar-refractivity contribution in [3.63, 3.8) is 0 Å². The zero-order valence-corrected chi connectivity index (χ0v) is 13.2. The number of carbonyl (C=O) groups is 1. The largest absolute Gasteiger partial charge is 0.465 e. The van der Waals surface area contributed by atoms with Crippen LogP contribution in [-0.4, -0.2) is 32.6 Å². The first-order valence-electron chi connectivity index (χ1n) is 7.14. The summed E-state index contributed by atoms with van der Waals surface area (Å²) in [6.07, 6.45) is 4.91. The predicted octanol–water partition coefficient (Wildman–Crippen LogP) is 2.07. The first-order chi connectivity index (χ1) is 11.1. The van der Waals surface area contributed by atoms with Crippen LogP contribution in [0.1, 0.15) is 21.7 Å². The number of nitrogens with one attached hydrogen (secondary N) is 1. The molecule has 0 aliphatic carbocycles. The molecule has 23 heavy (non-hydrogen) atoms. The third kappa shape index (κ3) is 2.73. The summed E-state index contributed by atoms with van der Waals surface area (Å²) in [6.45, 7) is 2.42. The highest BCUT2D eigenvalue weighted by Crippen LogP contribution is 2.20. The van der Waals surface area contributed by atoms with E-state index in [0.29, 0.717) is 12.1 Å². The van der Waals surface area contributed by atoms with E-state index in [1.807, 2.05) is 30.7 Å². The maximum absolute atomic E-state index is 11.8. The molecule has 1 N–H and O–H groups in total. The molecule has 0 aromatic carbocycles. The molecule has 3 rings (SSSR count). The lowest BCUT2D eigenvalue weighted by Gasteiger charge is -2.09. The summed E-state index contributed by atoms with van der Waals surface area (Å²) in [4.78, 5) is 24.3. The molecular weight excluding hydrogens is 294 g/mol. The molecule has 0 amide bonds. The number of hydrogen-bond donors (Lipinski definition) is 1. The second kappa shape index (κ2) is 6.04. The number of rotatable bonds is 4. The van der Waals surface area contributed by atoms with Crippen molar-refractivity contribution in [3.8, 4) is 0 Å². The van der Waals surface area contributed by atoms with Gasteiger partial charge in [0.15, 0.2) is 0 Å². The molecule has 0 aliphatic heterocycles. The van der Waals surface area contributed by atoms with E-state index in [0.717, 1.165) is 28.1 Å². The Morgan fingerprint density at radius 3 is 3.00 bits per heavy atom. The summed E-state index contributed by atoms with van der Waals surface area (Å²) < 4.78 is 6.77. The van der Waals surface area contributed by atoms with Gasteiger partial charge in [-0.05, 0) is 19.1 Å². The first-order valence-corrected chi connectivity index (χ1v) is 7.14. The molecule has 3 aromatic heterocycles. The van der Waals surface area contributed by atoms with Crippen LogP contribution < -0.4 is 5.32 Å². The van der Waals surface area contributed by atoms with E-state index in [1.54, 1.807) is 12.4 Å². The van der Waals surface area contributed by atoms with Crippen molar-refractivity contribution in [1.29, 1.82) is 0 Å². The van der Waals surface area contributed by atoms with Gasteiger partial charge >= 0.3 is 5.97 Å². The molecule has 0 atom stereocenters. The molecular formula is C16H17N5O2. The number of methoxy groups -OCH3 is 1. The summed E-state index contributed by atoms with van der Waals surface area (Å²) in [5.41, 5.74) is 3.18. The van der Waals surface area contributed by atoms with Crippen LogP contribution in [0, 0.1) is 6.92 Å². The normalized spacial score (nSPS) is 10.7. The number of pyridine rings is 1. The Bertz CT molecular complexity index is 867. The van der Waals surface area contributed by atoms with E-state index in [2.05, 4.69) is 20.3 Å². The minimum Gasteiger partial charge on any atom is -0.465 e. The van der Waals surface area contributed by atoms with Crippen LogP contribution in [0.25, 0.3) is 10.9 Å². The van der Waals surface area contributed by atoms with Crippen LogP contribution in [0.15, 0.2) is 30.9 Å². The van der Waals surface area contributed by atoms with Gasteiger partial charge in [0.1, 0.15) is 12.1 Å². The second-order valence-corrected chi connectivity index (χ2v) is 5.15. The van der Waals surface area contributed by atoms with Crippen molar-refractivity contribution in [2.75, 3.05) is 12.4 Å². The molecule has 0 fully saturated rings. The van der Waals surface area contributed by atoms with Gasteiger partial charge in [-0.3, -0.25) is 4.98 Å². The monoisotopic (exact) mass is 311 g/mol. The maximum atomic E-state index is 11.8. The van der Waals surface area contributed by atoms with Crippen molar-refractivity contribution in [2.24, 2.45) is 7.05 Å². The molecule has 0 saturated carbocycles. The average molecular weight is 311 g/mol. The Labute approximate surface area is 133 Å². The molecule has 0 radical (unpaired) electrons. The third-order valence-electron chi connectivity index (χ3n) is 3.92. The highest BCUT2D eigenvalue weighted by molar-refractivity contribution is 5.91. The summed E-state index contributed by atoms with van der Waals surface area (Å²) in [5, 5.41) is 4.19. The molecule has 3 heterocycles. The van der Waals surface area contributed by atoms with Gasteiger partial charge in [-0.25, -0.2) is 14.8 Å². The standard InChI is InChI=1S/C16H17N5O2/c1-10-13(16(22)23-3)6-11(21(10)2)7-18-15-12-4-5-17-8-14(12)19-9-20-15/h4-6,8-9H,7H2,1-3H3,(H,18,19,20). The molecule has 0 spiro atoms. The number of esters is 1. The van der Waals surface area contributed by atoms with Crippen LogP contribution in [0.3, 0.4) is 0 Å². The number of carbonyl (C=O) groups excluding carboxylic acids is 1. The Hall–Kier alpha value is -2.96. The molecule has 0 bridgehead atoms. The van der Waals surface area contributed by atoms with Crippen LogP contribution in [-0.2, 0) is 18.3 Å². The third-order valence-corrected chi connectivity index (χ3v) is 3.92. The predicted molar refractivity (Wildman–Crippen MR) is 86.1 cm³/mol. The number of hydrogen-bond acceptors (Lipinski definition) is 6. The van der Waals surface area contributed by atoms with Gasteiger partial charge in [0.25, 0.3) is 0 Å². The molecule has 0 aliphatic rings. The SMILES string of the molecule is COC(=O)c1cc(CNc2ncnc3cnccc23)n(C)c1C. The molecule has 3 aromatic rings. The Balaban J connectivity index is 1.87. The van der Waals surface area contributed by atoms with Gasteiger partial charge in [0.05, 0.1) is 30.9 Å². The van der Waals surface area contributed by atoms with Crippen molar-refractivity contribution >= 4 is 22.7 Å². The van der Waals surface area contributed by atoms with Gasteiger partial charge < -0.3 is 14.6 Å². The number of aromatic nitrogens is 4. The molecule has 0 saturated heterocycles. The summed E-state index contributed by atoms with van der Waals surface area (Å²) in [7, 11) is 3.30. The van der Waals surface area contributed by atoms with Crippen molar-refractivity contribution < 1.29 is 9.53 Å². The van der Waals surface area contributed by atoms with Crippen molar-refractivity contribution in [3.05, 3.63) is 47.8 Å². The summed E-state index contributed by atoms with van der Waals surface area (Å²) in [6, 6.07) is 3.70. The summed E-state index contributed by atoms with van der Waals surface area (Å²) >= 11 is 0. The lowest BCUT2D eigenvalue weighted by molar-refractivity contribution is 0.0600. The molecule has 118 valence electrons. The number of ether oxygens (including phenoxy) is 1. The Morgan fingerprint density at radius 2 is 2.22 bits per heavy atom. The van der Waals surface area contributed by atoms with E-state index in [9.17, 15) is 4.79 Å². The lowest BCUT2D eigenvalue weighted by atomic mass is 10.2. The number of anilines is 1. The van der Waals surface area contributed by atoms with E-state index < -0.39 is 0 Å². The van der Waals surface area contributed by atoms with Crippen LogP contribution in [0.2, 0.25) is 0 Å². The second-order valence-electron chi connectivity index (χ2n) is 5.15. The van der Waals surface area contributed by atoms with Crippen molar-refractivity contribution in [2.45, 2.75) is 13.5 Å². The van der Waals surface area contributed by atoms with Crippen LogP contribution in [0.4, 0.5) is 5.82 Å². The van der Waals surface area contributed by atoms with Crippen molar-refractivity contribution in [1.82, 2.24) is 19.5 Å². The van der Waals surface area contributed by atoms with E-state index in [1.165, 1.54) is 13.4 Å². The number of fused-ring (bicyclic) bond motifs is 1. The average Bonchev–Trinajstić information content (AvgIpc) is 2.87. The van der Waals surface area contributed by atoms with Crippen LogP contribution >= 0.6 is 0 Å². The molecule has 0 unspecified atom stereocenters. The highest BCUT2D eigenvalue weighted by Gasteiger charge is 2.16. The zero-order chi connectivity index (χ0) is 16.4. The van der Waals surface area contributed by atoms with E-state index in [-0.39, 0.29) is 5.97 Å². The topological polar surface area (TPSA) is 81.9 Å². The fourth-order valence-electron chi connectivity index (χ4n) is 2.47. The number of nitrogens with zero attached hydrogens (tertiary/aromatic N) is 4. The molecule has 7 heteroatoms. The first kappa shape index (κ1) is 15.0. The minimum absolute atomic E-state index is 0.331. The smallest absolute Gasteiger partial charge is 0.339 e. The van der Waals surface area contributed by atoms with Gasteiger partial charge in [-0.1, -0.05) is 0 Å². The van der Waals surface area contributed by atoms with Gasteiger partial charge in [-0.15, -0.1) is 0 Å². The fraction of sp³-hybridized carbons (Fsp3) is 0.250. The zero-order valence-electron chi connectivity index (χ0n) is 13.2. The van der Waals surface area contributed by atoms with Crippen LogP contribution in [0.5, 0.6) is 0 Å². The maximum Gasteiger partial charge on any atom is 0.339 e. The Kier molecular flexibility index (Phi) is 3.92. The lowest BCUT2D eigenvalue weighted by Crippen LogP contribution is -2.07. The minimum atomic E-state index is -0.331. The van der Waals surface area contributed by atoms with E-state index >= 15 is 0 Å². The van der Waals surface area contributed by atoms with Gasteiger partial charge in [0.2, 0.25) is 0 Å². The highest BCUT2D eigenvalue weighted by atomic mass is 16.5. The van der Waals surface area contributed by atoms with Gasteiger partial charge in [0, 0.05) is 30.0 Å². The fourth-order valence-corrected chi connectivity index (χ4v) is 2.47. The quantitative estimate of drug-likeness (QED) is 0.743.